The maximum absolute atomic E-state index is 11.4. The lowest BCUT2D eigenvalue weighted by atomic mass is 10.1. The predicted octanol–water partition coefficient (Wildman–Crippen LogP) is 4.24. The van der Waals surface area contributed by atoms with Crippen molar-refractivity contribution in [3.63, 3.8) is 0 Å². The number of anilines is 1. The van der Waals surface area contributed by atoms with E-state index in [4.69, 9.17) is 4.42 Å². The minimum absolute atomic E-state index is 0.716. The molecule has 20 heavy (non-hydrogen) atoms. The molecule has 0 amide bonds. The van der Waals surface area contributed by atoms with Gasteiger partial charge in [-0.3, -0.25) is 4.79 Å². The van der Waals surface area contributed by atoms with Crippen LogP contribution in [0, 0.1) is 0 Å². The lowest BCUT2D eigenvalue weighted by Crippen LogP contribution is -2.23. The first kappa shape index (κ1) is 12.7. The van der Waals surface area contributed by atoms with E-state index < -0.39 is 0 Å². The molecule has 3 heteroatoms. The minimum atomic E-state index is 0.716. The van der Waals surface area contributed by atoms with Gasteiger partial charge >= 0.3 is 0 Å². The Hall–Kier alpha value is -2.29. The molecule has 1 aromatic heterocycles. The molecular weight excluding hydrogens is 250 g/mol. The summed E-state index contributed by atoms with van der Waals surface area (Å²) in [5.41, 5.74) is 3.35. The number of nitrogens with zero attached hydrogens (tertiary/aromatic N) is 1. The third kappa shape index (κ3) is 1.86. The molecule has 0 aliphatic carbocycles. The van der Waals surface area contributed by atoms with Crippen LogP contribution >= 0.6 is 0 Å². The Kier molecular flexibility index (Phi) is 3.18. The highest BCUT2D eigenvalue weighted by atomic mass is 16.3. The van der Waals surface area contributed by atoms with Crippen molar-refractivity contribution in [3.8, 4) is 0 Å². The van der Waals surface area contributed by atoms with Gasteiger partial charge in [-0.05, 0) is 26.0 Å². The zero-order valence-corrected chi connectivity index (χ0v) is 11.7. The molecule has 0 N–H and O–H groups in total. The Morgan fingerprint density at radius 2 is 1.80 bits per heavy atom. The van der Waals surface area contributed by atoms with E-state index in [-0.39, 0.29) is 0 Å². The van der Waals surface area contributed by atoms with Crippen LogP contribution in [0.15, 0.2) is 40.8 Å². The van der Waals surface area contributed by atoms with Crippen molar-refractivity contribution in [1.29, 1.82) is 0 Å². The molecule has 3 nitrogen and oxygen atoms in total. The monoisotopic (exact) mass is 267 g/mol. The van der Waals surface area contributed by atoms with Gasteiger partial charge in [-0.25, -0.2) is 0 Å². The molecular formula is C17H17NO2. The molecule has 2 aromatic carbocycles. The second kappa shape index (κ2) is 5.00. The molecule has 0 spiro atoms. The molecule has 3 aromatic rings. The summed E-state index contributed by atoms with van der Waals surface area (Å²) in [6, 6.07) is 11.8. The van der Waals surface area contributed by atoms with Crippen molar-refractivity contribution in [3.05, 3.63) is 42.0 Å². The number of furan rings is 1. The highest BCUT2D eigenvalue weighted by molar-refractivity contribution is 6.08. The minimum Gasteiger partial charge on any atom is -0.456 e. The Morgan fingerprint density at radius 1 is 1.05 bits per heavy atom. The van der Waals surface area contributed by atoms with E-state index in [0.717, 1.165) is 47.0 Å². The maximum atomic E-state index is 11.4. The predicted molar refractivity (Wildman–Crippen MR) is 82.7 cm³/mol. The van der Waals surface area contributed by atoms with Gasteiger partial charge in [0.25, 0.3) is 0 Å². The molecule has 102 valence electrons. The summed E-state index contributed by atoms with van der Waals surface area (Å²) in [5, 5.41) is 2.05. The summed E-state index contributed by atoms with van der Waals surface area (Å²) in [5.74, 6) is 0. The summed E-state index contributed by atoms with van der Waals surface area (Å²) in [6.07, 6.45) is 0.925. The summed E-state index contributed by atoms with van der Waals surface area (Å²) < 4.78 is 5.89. The van der Waals surface area contributed by atoms with E-state index in [1.165, 1.54) is 0 Å². The van der Waals surface area contributed by atoms with Gasteiger partial charge in [0.2, 0.25) is 0 Å². The van der Waals surface area contributed by atoms with Crippen LogP contribution in [0.2, 0.25) is 0 Å². The zero-order chi connectivity index (χ0) is 14.1. The van der Waals surface area contributed by atoms with Crippen LogP contribution in [0.1, 0.15) is 24.2 Å². The average molecular weight is 267 g/mol. The average Bonchev–Trinajstić information content (AvgIpc) is 2.85. The Bertz CT molecular complexity index is 769. The van der Waals surface area contributed by atoms with Gasteiger partial charge in [0.15, 0.2) is 6.29 Å². The quantitative estimate of drug-likeness (QED) is 0.663. The fourth-order valence-electron chi connectivity index (χ4n) is 2.71. The number of hydrogen-bond donors (Lipinski definition) is 0. The van der Waals surface area contributed by atoms with Gasteiger partial charge in [0.1, 0.15) is 11.2 Å². The van der Waals surface area contributed by atoms with Gasteiger partial charge in [-0.2, -0.15) is 0 Å². The largest absolute Gasteiger partial charge is 0.456 e. The standard InChI is InChI=1S/C17H17NO2/c1-3-18(4-2)15-10-17-14(9-12(15)11-19)13-7-5-6-8-16(13)20-17/h5-11H,3-4H2,1-2H3. The van der Waals surface area contributed by atoms with Crippen molar-refractivity contribution in [1.82, 2.24) is 0 Å². The first-order chi connectivity index (χ1) is 9.78. The third-order valence-electron chi connectivity index (χ3n) is 3.76. The van der Waals surface area contributed by atoms with Crippen LogP contribution in [0.25, 0.3) is 21.9 Å². The lowest BCUT2D eigenvalue weighted by molar-refractivity contribution is 0.112. The van der Waals surface area contributed by atoms with Gasteiger partial charge in [0.05, 0.1) is 5.69 Å². The van der Waals surface area contributed by atoms with Crippen molar-refractivity contribution in [2.75, 3.05) is 18.0 Å². The van der Waals surface area contributed by atoms with E-state index in [1.54, 1.807) is 0 Å². The third-order valence-corrected chi connectivity index (χ3v) is 3.76. The molecule has 1 heterocycles. The van der Waals surface area contributed by atoms with Gasteiger partial charge in [-0.1, -0.05) is 18.2 Å². The molecule has 0 bridgehead atoms. The number of benzene rings is 2. The normalized spacial score (nSPS) is 11.1. The smallest absolute Gasteiger partial charge is 0.152 e. The van der Waals surface area contributed by atoms with Crippen molar-refractivity contribution in [2.24, 2.45) is 0 Å². The first-order valence-electron chi connectivity index (χ1n) is 6.93. The van der Waals surface area contributed by atoms with Crippen LogP contribution in [-0.4, -0.2) is 19.4 Å². The van der Waals surface area contributed by atoms with Crippen molar-refractivity contribution < 1.29 is 9.21 Å². The van der Waals surface area contributed by atoms with Crippen LogP contribution < -0.4 is 4.90 Å². The van der Waals surface area contributed by atoms with E-state index in [1.807, 2.05) is 36.4 Å². The fourth-order valence-corrected chi connectivity index (χ4v) is 2.71. The second-order valence-electron chi connectivity index (χ2n) is 4.80. The van der Waals surface area contributed by atoms with E-state index in [9.17, 15) is 4.79 Å². The highest BCUT2D eigenvalue weighted by Crippen LogP contribution is 2.33. The highest BCUT2D eigenvalue weighted by Gasteiger charge is 2.14. The van der Waals surface area contributed by atoms with Gasteiger partial charge < -0.3 is 9.32 Å². The van der Waals surface area contributed by atoms with Gasteiger partial charge in [-0.15, -0.1) is 0 Å². The van der Waals surface area contributed by atoms with E-state index >= 15 is 0 Å². The summed E-state index contributed by atoms with van der Waals surface area (Å²) in [7, 11) is 0. The number of rotatable bonds is 4. The molecule has 0 fully saturated rings. The molecule has 0 saturated carbocycles. The van der Waals surface area contributed by atoms with Crippen LogP contribution in [-0.2, 0) is 0 Å². The molecule has 3 rings (SSSR count). The molecule has 0 saturated heterocycles. The maximum Gasteiger partial charge on any atom is 0.152 e. The Labute approximate surface area is 117 Å². The number of hydrogen-bond acceptors (Lipinski definition) is 3. The van der Waals surface area contributed by atoms with Crippen molar-refractivity contribution >= 4 is 33.9 Å². The molecule has 0 aliphatic rings. The van der Waals surface area contributed by atoms with Crippen LogP contribution in [0.5, 0.6) is 0 Å². The number of fused-ring (bicyclic) bond motifs is 3. The Balaban J connectivity index is 2.32. The molecule has 0 radical (unpaired) electrons. The topological polar surface area (TPSA) is 33.5 Å². The number of carbonyl (C=O) groups excluding carboxylic acids is 1. The molecule has 0 unspecified atom stereocenters. The fraction of sp³-hybridized carbons (Fsp3) is 0.235. The molecule has 0 atom stereocenters. The van der Waals surface area contributed by atoms with Crippen molar-refractivity contribution in [2.45, 2.75) is 13.8 Å². The lowest BCUT2D eigenvalue weighted by Gasteiger charge is -2.22. The summed E-state index contributed by atoms with van der Waals surface area (Å²) in [4.78, 5) is 13.6. The summed E-state index contributed by atoms with van der Waals surface area (Å²) >= 11 is 0. The molecule has 0 aliphatic heterocycles. The van der Waals surface area contributed by atoms with E-state index in [0.29, 0.717) is 5.56 Å². The summed E-state index contributed by atoms with van der Waals surface area (Å²) in [6.45, 7) is 5.90. The zero-order valence-electron chi connectivity index (χ0n) is 11.7. The van der Waals surface area contributed by atoms with Gasteiger partial charge in [0, 0.05) is 35.5 Å². The number of carbonyl (C=O) groups is 1. The number of aldehydes is 1. The second-order valence-corrected chi connectivity index (χ2v) is 4.80. The van der Waals surface area contributed by atoms with Crippen LogP contribution in [0.3, 0.4) is 0 Å². The number of para-hydroxylation sites is 1. The SMILES string of the molecule is CCN(CC)c1cc2oc3ccccc3c2cc1C=O. The van der Waals surface area contributed by atoms with Crippen LogP contribution in [0.4, 0.5) is 5.69 Å². The first-order valence-corrected chi connectivity index (χ1v) is 6.93. The Morgan fingerprint density at radius 3 is 2.50 bits per heavy atom. The van der Waals surface area contributed by atoms with E-state index in [2.05, 4.69) is 18.7 Å².